The Morgan fingerprint density at radius 2 is 1.67 bits per heavy atom. The van der Waals surface area contributed by atoms with E-state index in [1.165, 1.54) is 0 Å². The zero-order valence-electron chi connectivity index (χ0n) is 10.2. The molecule has 7 heteroatoms. The predicted octanol–water partition coefficient (Wildman–Crippen LogP) is 4.40. The Labute approximate surface area is 116 Å². The number of nitrogens with zero attached hydrogens (tertiary/aromatic N) is 1. The molecule has 0 atom stereocenters. The molecule has 2 aromatic carbocycles. The molecule has 0 heterocycles. The Morgan fingerprint density at radius 3 is 2.29 bits per heavy atom. The minimum Gasteiger partial charge on any atom is -0.406 e. The molecule has 0 spiro atoms. The summed E-state index contributed by atoms with van der Waals surface area (Å²) < 4.78 is 67.1. The van der Waals surface area contributed by atoms with Gasteiger partial charge in [0.05, 0.1) is 11.6 Å². The zero-order valence-corrected chi connectivity index (χ0v) is 10.2. The maximum Gasteiger partial charge on any atom is 0.573 e. The molecular weight excluding hydrogens is 293 g/mol. The van der Waals surface area contributed by atoms with Gasteiger partial charge < -0.3 is 4.74 Å². The first kappa shape index (κ1) is 14.8. The van der Waals surface area contributed by atoms with Gasteiger partial charge in [0.25, 0.3) is 0 Å². The molecule has 0 N–H and O–H groups in total. The third-order valence-electron chi connectivity index (χ3n) is 2.56. The van der Waals surface area contributed by atoms with Crippen LogP contribution in [0.4, 0.5) is 22.0 Å². The van der Waals surface area contributed by atoms with Gasteiger partial charge in [-0.3, -0.25) is 0 Å². The van der Waals surface area contributed by atoms with Gasteiger partial charge in [-0.05, 0) is 36.4 Å². The van der Waals surface area contributed by atoms with E-state index in [0.29, 0.717) is 0 Å². The van der Waals surface area contributed by atoms with Crippen LogP contribution in [0, 0.1) is 23.0 Å². The minimum atomic E-state index is -4.92. The maximum absolute atomic E-state index is 13.7. The van der Waals surface area contributed by atoms with E-state index in [1.807, 2.05) is 0 Å². The molecule has 0 saturated carbocycles. The Kier molecular flexibility index (Phi) is 3.80. The van der Waals surface area contributed by atoms with Crippen molar-refractivity contribution in [3.8, 4) is 22.9 Å². The number of hydrogen-bond acceptors (Lipinski definition) is 2. The predicted molar refractivity (Wildman–Crippen MR) is 63.2 cm³/mol. The van der Waals surface area contributed by atoms with Gasteiger partial charge in [-0.15, -0.1) is 13.2 Å². The fourth-order valence-electron chi connectivity index (χ4n) is 1.74. The summed E-state index contributed by atoms with van der Waals surface area (Å²) in [6, 6.07) is 6.99. The molecule has 2 aromatic rings. The quantitative estimate of drug-likeness (QED) is 0.770. The van der Waals surface area contributed by atoms with Crippen LogP contribution in [0.2, 0.25) is 0 Å². The van der Waals surface area contributed by atoms with Crippen LogP contribution < -0.4 is 4.74 Å². The van der Waals surface area contributed by atoms with Gasteiger partial charge in [0.15, 0.2) is 0 Å². The summed E-state index contributed by atoms with van der Waals surface area (Å²) in [6.07, 6.45) is -4.92. The molecule has 108 valence electrons. The lowest BCUT2D eigenvalue weighted by atomic mass is 9.99. The summed E-state index contributed by atoms with van der Waals surface area (Å²) in [5.74, 6) is -2.27. The van der Waals surface area contributed by atoms with E-state index in [2.05, 4.69) is 4.74 Å². The van der Waals surface area contributed by atoms with Gasteiger partial charge >= 0.3 is 6.36 Å². The smallest absolute Gasteiger partial charge is 0.406 e. The summed E-state index contributed by atoms with van der Waals surface area (Å²) >= 11 is 0. The van der Waals surface area contributed by atoms with E-state index in [0.717, 1.165) is 36.4 Å². The number of hydrogen-bond donors (Lipinski definition) is 0. The van der Waals surface area contributed by atoms with Gasteiger partial charge in [-0.2, -0.15) is 5.26 Å². The van der Waals surface area contributed by atoms with Crippen molar-refractivity contribution in [1.29, 1.82) is 5.26 Å². The van der Waals surface area contributed by atoms with Gasteiger partial charge in [-0.25, -0.2) is 8.78 Å². The fraction of sp³-hybridized carbons (Fsp3) is 0.0714. The highest BCUT2D eigenvalue weighted by Crippen LogP contribution is 2.32. The van der Waals surface area contributed by atoms with E-state index < -0.39 is 23.7 Å². The molecular formula is C14H6F5NO. The molecule has 21 heavy (non-hydrogen) atoms. The van der Waals surface area contributed by atoms with Crippen molar-refractivity contribution in [2.24, 2.45) is 0 Å². The molecule has 0 aromatic heterocycles. The standard InChI is InChI=1S/C14H6F5NO/c15-9-2-4-13(16)12(5-9)11-6-10(21-14(17,18)19)3-1-8(11)7-20/h1-6H. The highest BCUT2D eigenvalue weighted by molar-refractivity contribution is 5.72. The monoisotopic (exact) mass is 299 g/mol. The zero-order chi connectivity index (χ0) is 15.6. The molecule has 2 rings (SSSR count). The van der Waals surface area contributed by atoms with Crippen molar-refractivity contribution in [2.75, 3.05) is 0 Å². The molecule has 0 bridgehead atoms. The summed E-state index contributed by atoms with van der Waals surface area (Å²) in [7, 11) is 0. The average molecular weight is 299 g/mol. The number of alkyl halides is 3. The molecule has 0 saturated heterocycles. The lowest BCUT2D eigenvalue weighted by Crippen LogP contribution is -2.17. The first-order chi connectivity index (χ1) is 9.80. The van der Waals surface area contributed by atoms with Crippen LogP contribution in [-0.4, -0.2) is 6.36 Å². The summed E-state index contributed by atoms with van der Waals surface area (Å²) in [5.41, 5.74) is -0.607. The minimum absolute atomic E-state index is 0.103. The molecule has 0 fully saturated rings. The molecule has 2 nitrogen and oxygen atoms in total. The topological polar surface area (TPSA) is 33.0 Å². The van der Waals surface area contributed by atoms with E-state index in [4.69, 9.17) is 5.26 Å². The molecule has 0 radical (unpaired) electrons. The number of halogens is 5. The Bertz CT molecular complexity index is 718. The summed E-state index contributed by atoms with van der Waals surface area (Å²) in [6.45, 7) is 0. The average Bonchev–Trinajstić information content (AvgIpc) is 2.39. The second kappa shape index (κ2) is 5.40. The Hall–Kier alpha value is -2.62. The number of ether oxygens (including phenoxy) is 1. The third-order valence-corrected chi connectivity index (χ3v) is 2.56. The maximum atomic E-state index is 13.7. The first-order valence-electron chi connectivity index (χ1n) is 5.55. The van der Waals surface area contributed by atoms with Crippen LogP contribution in [0.1, 0.15) is 5.56 Å². The highest BCUT2D eigenvalue weighted by Gasteiger charge is 2.31. The van der Waals surface area contributed by atoms with Gasteiger partial charge in [-0.1, -0.05) is 0 Å². The molecule has 0 aliphatic carbocycles. The van der Waals surface area contributed by atoms with Crippen LogP contribution in [0.5, 0.6) is 5.75 Å². The lowest BCUT2D eigenvalue weighted by Gasteiger charge is -2.12. The lowest BCUT2D eigenvalue weighted by molar-refractivity contribution is -0.274. The third kappa shape index (κ3) is 3.48. The SMILES string of the molecule is N#Cc1ccc(OC(F)(F)F)cc1-c1cc(F)ccc1F. The van der Waals surface area contributed by atoms with Crippen molar-refractivity contribution >= 4 is 0 Å². The van der Waals surface area contributed by atoms with E-state index >= 15 is 0 Å². The fourth-order valence-corrected chi connectivity index (χ4v) is 1.74. The van der Waals surface area contributed by atoms with Crippen molar-refractivity contribution in [2.45, 2.75) is 6.36 Å². The Balaban J connectivity index is 2.58. The van der Waals surface area contributed by atoms with Crippen LogP contribution in [0.3, 0.4) is 0 Å². The van der Waals surface area contributed by atoms with Gasteiger partial charge in [0, 0.05) is 11.1 Å². The molecule has 0 aliphatic rings. The normalized spacial score (nSPS) is 11.0. The van der Waals surface area contributed by atoms with Crippen LogP contribution in [-0.2, 0) is 0 Å². The number of benzene rings is 2. The van der Waals surface area contributed by atoms with Gasteiger partial charge in [0.1, 0.15) is 17.4 Å². The molecule has 0 aliphatic heterocycles. The summed E-state index contributed by atoms with van der Waals surface area (Å²) in [4.78, 5) is 0. The van der Waals surface area contributed by atoms with Crippen LogP contribution in [0.25, 0.3) is 11.1 Å². The number of nitriles is 1. The largest absolute Gasteiger partial charge is 0.573 e. The highest BCUT2D eigenvalue weighted by atomic mass is 19.4. The molecule has 0 unspecified atom stereocenters. The van der Waals surface area contributed by atoms with E-state index in [1.54, 1.807) is 6.07 Å². The summed E-state index contributed by atoms with van der Waals surface area (Å²) in [5, 5.41) is 8.93. The van der Waals surface area contributed by atoms with Crippen LogP contribution in [0.15, 0.2) is 36.4 Å². The first-order valence-corrected chi connectivity index (χ1v) is 5.55. The van der Waals surface area contributed by atoms with Crippen molar-refractivity contribution in [1.82, 2.24) is 0 Å². The van der Waals surface area contributed by atoms with Gasteiger partial charge in [0.2, 0.25) is 0 Å². The van der Waals surface area contributed by atoms with E-state index in [9.17, 15) is 22.0 Å². The number of rotatable bonds is 2. The van der Waals surface area contributed by atoms with Crippen molar-refractivity contribution in [3.63, 3.8) is 0 Å². The van der Waals surface area contributed by atoms with E-state index in [-0.39, 0.29) is 16.7 Å². The van der Waals surface area contributed by atoms with Crippen molar-refractivity contribution < 1.29 is 26.7 Å². The second-order valence-corrected chi connectivity index (χ2v) is 3.99. The second-order valence-electron chi connectivity index (χ2n) is 3.99. The van der Waals surface area contributed by atoms with Crippen LogP contribution >= 0.6 is 0 Å². The Morgan fingerprint density at radius 1 is 0.952 bits per heavy atom. The molecule has 0 amide bonds. The van der Waals surface area contributed by atoms with Crippen molar-refractivity contribution in [3.05, 3.63) is 53.6 Å².